The molecule has 2 aromatic carbocycles. The van der Waals surface area contributed by atoms with Crippen LogP contribution in [0.4, 0.5) is 0 Å². The first-order chi connectivity index (χ1) is 8.74. The van der Waals surface area contributed by atoms with Crippen LogP contribution >= 0.6 is 0 Å². The third-order valence-corrected chi connectivity index (χ3v) is 2.85. The summed E-state index contributed by atoms with van der Waals surface area (Å²) in [6.07, 6.45) is 0. The molecule has 4 heteroatoms. The number of benzene rings is 2. The molecule has 4 nitrogen and oxygen atoms in total. The monoisotopic (exact) mass is 239 g/mol. The predicted octanol–water partition coefficient (Wildman–Crippen LogP) is 2.91. The summed E-state index contributed by atoms with van der Waals surface area (Å²) in [5, 5.41) is 6.20. The van der Waals surface area contributed by atoms with Crippen molar-refractivity contribution in [3.05, 3.63) is 48.3 Å². The Morgan fingerprint density at radius 2 is 1.89 bits per heavy atom. The van der Waals surface area contributed by atoms with E-state index in [0.717, 1.165) is 10.9 Å². The van der Waals surface area contributed by atoms with E-state index in [1.54, 1.807) is 0 Å². The zero-order chi connectivity index (χ0) is 12.5. The summed E-state index contributed by atoms with van der Waals surface area (Å²) >= 11 is 0. The number of nitrogens with zero attached hydrogens (tertiary/aromatic N) is 2. The molecule has 3 rings (SSSR count). The lowest BCUT2D eigenvalue weighted by Gasteiger charge is -1.99. The van der Waals surface area contributed by atoms with E-state index < -0.39 is 0 Å². The molecule has 0 radical (unpaired) electrons. The highest BCUT2D eigenvalue weighted by Crippen LogP contribution is 2.23. The van der Waals surface area contributed by atoms with Crippen molar-refractivity contribution >= 4 is 10.8 Å². The second-order valence-electron chi connectivity index (χ2n) is 4.31. The summed E-state index contributed by atoms with van der Waals surface area (Å²) in [5.41, 5.74) is 6.62. The lowest BCUT2D eigenvalue weighted by atomic mass is 10.1. The van der Waals surface area contributed by atoms with Gasteiger partial charge in [-0.25, -0.2) is 0 Å². The quantitative estimate of drug-likeness (QED) is 0.746. The van der Waals surface area contributed by atoms with Crippen molar-refractivity contribution in [2.75, 3.05) is 0 Å². The Morgan fingerprint density at radius 1 is 1.11 bits per heavy atom. The van der Waals surface area contributed by atoms with Crippen LogP contribution in [0, 0.1) is 0 Å². The fraction of sp³-hybridized carbons (Fsp3) is 0.143. The van der Waals surface area contributed by atoms with Gasteiger partial charge < -0.3 is 10.3 Å². The molecule has 1 aromatic heterocycles. The molecular weight excluding hydrogens is 226 g/mol. The Labute approximate surface area is 104 Å². The molecule has 18 heavy (non-hydrogen) atoms. The van der Waals surface area contributed by atoms with E-state index >= 15 is 0 Å². The smallest absolute Gasteiger partial charge is 0.258 e. The molecule has 0 aliphatic carbocycles. The number of aromatic nitrogens is 2. The minimum Gasteiger partial charge on any atom is -0.334 e. The highest BCUT2D eigenvalue weighted by Gasteiger charge is 2.11. The van der Waals surface area contributed by atoms with Crippen molar-refractivity contribution in [2.45, 2.75) is 13.0 Å². The molecular formula is C14H13N3O. The van der Waals surface area contributed by atoms with Gasteiger partial charge in [0.05, 0.1) is 6.04 Å². The number of rotatable bonds is 2. The van der Waals surface area contributed by atoms with Crippen LogP contribution in [0.2, 0.25) is 0 Å². The third kappa shape index (κ3) is 1.87. The summed E-state index contributed by atoms with van der Waals surface area (Å²) in [5.74, 6) is 1.03. The van der Waals surface area contributed by atoms with Crippen molar-refractivity contribution in [1.82, 2.24) is 10.1 Å². The maximum atomic E-state index is 5.71. The summed E-state index contributed by atoms with van der Waals surface area (Å²) in [4.78, 5) is 4.28. The zero-order valence-corrected chi connectivity index (χ0v) is 10.00. The van der Waals surface area contributed by atoms with Crippen LogP contribution in [0.25, 0.3) is 22.2 Å². The molecule has 1 heterocycles. The number of hydrogen-bond acceptors (Lipinski definition) is 4. The Bertz CT molecular complexity index is 688. The van der Waals surface area contributed by atoms with E-state index in [1.165, 1.54) is 5.39 Å². The third-order valence-electron chi connectivity index (χ3n) is 2.85. The van der Waals surface area contributed by atoms with Crippen LogP contribution in [-0.2, 0) is 0 Å². The van der Waals surface area contributed by atoms with Crippen molar-refractivity contribution in [3.63, 3.8) is 0 Å². The van der Waals surface area contributed by atoms with E-state index in [2.05, 4.69) is 22.3 Å². The molecule has 0 bridgehead atoms. The van der Waals surface area contributed by atoms with Crippen LogP contribution < -0.4 is 5.73 Å². The van der Waals surface area contributed by atoms with Gasteiger partial charge in [0.25, 0.3) is 5.89 Å². The molecule has 0 aliphatic heterocycles. The average molecular weight is 239 g/mol. The van der Waals surface area contributed by atoms with Crippen molar-refractivity contribution < 1.29 is 4.52 Å². The highest BCUT2D eigenvalue weighted by atomic mass is 16.5. The van der Waals surface area contributed by atoms with E-state index in [-0.39, 0.29) is 6.04 Å². The van der Waals surface area contributed by atoms with Gasteiger partial charge in [-0.3, -0.25) is 0 Å². The Morgan fingerprint density at radius 3 is 2.61 bits per heavy atom. The lowest BCUT2D eigenvalue weighted by molar-refractivity contribution is 0.418. The van der Waals surface area contributed by atoms with Gasteiger partial charge in [-0.1, -0.05) is 35.5 Å². The molecule has 2 N–H and O–H groups in total. The predicted molar refractivity (Wildman–Crippen MR) is 69.8 cm³/mol. The Hall–Kier alpha value is -2.20. The standard InChI is InChI=1S/C14H13N3O/c1-9(15)13-16-14(18-17-13)12-7-6-10-4-2-3-5-11(10)8-12/h2-9H,15H2,1H3. The molecule has 0 fully saturated rings. The summed E-state index contributed by atoms with van der Waals surface area (Å²) in [7, 11) is 0. The maximum Gasteiger partial charge on any atom is 0.258 e. The van der Waals surface area contributed by atoms with E-state index in [1.807, 2.05) is 37.3 Å². The van der Waals surface area contributed by atoms with Gasteiger partial charge in [0.15, 0.2) is 5.82 Å². The van der Waals surface area contributed by atoms with E-state index in [9.17, 15) is 0 Å². The van der Waals surface area contributed by atoms with Crippen LogP contribution in [0.1, 0.15) is 18.8 Å². The number of fused-ring (bicyclic) bond motifs is 1. The summed E-state index contributed by atoms with van der Waals surface area (Å²) < 4.78 is 5.22. The van der Waals surface area contributed by atoms with Gasteiger partial charge in [-0.05, 0) is 29.8 Å². The van der Waals surface area contributed by atoms with Gasteiger partial charge in [-0.2, -0.15) is 4.98 Å². The maximum absolute atomic E-state index is 5.71. The second kappa shape index (κ2) is 4.23. The number of nitrogens with two attached hydrogens (primary N) is 1. The Balaban J connectivity index is 2.07. The SMILES string of the molecule is CC(N)c1noc(-c2ccc3ccccc3c2)n1. The number of hydrogen-bond donors (Lipinski definition) is 1. The molecule has 1 unspecified atom stereocenters. The Kier molecular flexibility index (Phi) is 2.57. The molecule has 0 amide bonds. The molecule has 3 aromatic rings. The zero-order valence-electron chi connectivity index (χ0n) is 10.00. The minimum atomic E-state index is -0.219. The first kappa shape index (κ1) is 10.9. The normalized spacial score (nSPS) is 12.8. The van der Waals surface area contributed by atoms with Gasteiger partial charge in [0.2, 0.25) is 0 Å². The lowest BCUT2D eigenvalue weighted by Crippen LogP contribution is -2.06. The molecule has 0 saturated heterocycles. The molecule has 0 saturated carbocycles. The fourth-order valence-corrected chi connectivity index (χ4v) is 1.86. The van der Waals surface area contributed by atoms with Crippen molar-refractivity contribution in [3.8, 4) is 11.5 Å². The van der Waals surface area contributed by atoms with Gasteiger partial charge in [-0.15, -0.1) is 0 Å². The van der Waals surface area contributed by atoms with E-state index in [4.69, 9.17) is 10.3 Å². The fourth-order valence-electron chi connectivity index (χ4n) is 1.86. The summed E-state index contributed by atoms with van der Waals surface area (Å²) in [6.45, 7) is 1.83. The first-order valence-corrected chi connectivity index (χ1v) is 5.82. The topological polar surface area (TPSA) is 64.9 Å². The average Bonchev–Trinajstić information content (AvgIpc) is 2.88. The van der Waals surface area contributed by atoms with Gasteiger partial charge >= 0.3 is 0 Å². The molecule has 1 atom stereocenters. The molecule has 90 valence electrons. The largest absolute Gasteiger partial charge is 0.334 e. The van der Waals surface area contributed by atoms with Gasteiger partial charge in [0, 0.05) is 5.56 Å². The molecule has 0 spiro atoms. The highest BCUT2D eigenvalue weighted by molar-refractivity contribution is 5.86. The van der Waals surface area contributed by atoms with Crippen molar-refractivity contribution in [1.29, 1.82) is 0 Å². The van der Waals surface area contributed by atoms with Crippen molar-refractivity contribution in [2.24, 2.45) is 5.73 Å². The first-order valence-electron chi connectivity index (χ1n) is 5.82. The minimum absolute atomic E-state index is 0.219. The van der Waals surface area contributed by atoms with E-state index in [0.29, 0.717) is 11.7 Å². The van der Waals surface area contributed by atoms with Crippen LogP contribution in [0.15, 0.2) is 47.0 Å². The van der Waals surface area contributed by atoms with Crippen LogP contribution in [0.3, 0.4) is 0 Å². The van der Waals surface area contributed by atoms with Crippen LogP contribution in [-0.4, -0.2) is 10.1 Å². The van der Waals surface area contributed by atoms with Crippen LogP contribution in [0.5, 0.6) is 0 Å². The second-order valence-corrected chi connectivity index (χ2v) is 4.31. The van der Waals surface area contributed by atoms with Gasteiger partial charge in [0.1, 0.15) is 0 Å². The summed E-state index contributed by atoms with van der Waals surface area (Å²) in [6, 6.07) is 14.0. The molecule has 0 aliphatic rings.